The number of thiazole rings is 1. The number of hydrogen-bond donors (Lipinski definition) is 2. The molecule has 3 heterocycles. The van der Waals surface area contributed by atoms with Gasteiger partial charge in [0.1, 0.15) is 12.1 Å². The van der Waals surface area contributed by atoms with E-state index in [1.54, 1.807) is 30.1 Å². The molecule has 3 aromatic rings. The monoisotopic (exact) mass is 342 g/mol. The minimum absolute atomic E-state index is 0.190. The van der Waals surface area contributed by atoms with Crippen LogP contribution in [0.15, 0.2) is 43.2 Å². The predicted octanol–water partition coefficient (Wildman–Crippen LogP) is 2.07. The van der Waals surface area contributed by atoms with E-state index >= 15 is 0 Å². The topological polar surface area (TPSA) is 84.7 Å². The first-order valence-corrected chi connectivity index (χ1v) is 8.38. The van der Waals surface area contributed by atoms with Gasteiger partial charge >= 0.3 is 6.03 Å². The van der Waals surface area contributed by atoms with E-state index in [1.165, 1.54) is 4.88 Å². The van der Waals surface area contributed by atoms with Crippen molar-refractivity contribution in [1.29, 1.82) is 0 Å². The van der Waals surface area contributed by atoms with E-state index in [9.17, 15) is 4.79 Å². The molecule has 0 aliphatic carbocycles. The van der Waals surface area contributed by atoms with E-state index in [1.807, 2.05) is 36.0 Å². The molecule has 0 aliphatic heterocycles. The first-order chi connectivity index (χ1) is 11.7. The van der Waals surface area contributed by atoms with Crippen molar-refractivity contribution in [2.45, 2.75) is 19.9 Å². The number of rotatable bonds is 6. The van der Waals surface area contributed by atoms with Gasteiger partial charge in [0.25, 0.3) is 0 Å². The van der Waals surface area contributed by atoms with Crippen LogP contribution >= 0.6 is 11.3 Å². The van der Waals surface area contributed by atoms with Crippen LogP contribution in [0.25, 0.3) is 5.82 Å². The number of hydrogen-bond acceptors (Lipinski definition) is 5. The van der Waals surface area contributed by atoms with Crippen LogP contribution in [0.3, 0.4) is 0 Å². The third-order valence-electron chi connectivity index (χ3n) is 3.33. The Bertz CT molecular complexity index is 799. The average Bonchev–Trinajstić information content (AvgIpc) is 3.25. The molecule has 3 aromatic heterocycles. The highest BCUT2D eigenvalue weighted by atomic mass is 32.1. The molecular formula is C16H18N6OS. The van der Waals surface area contributed by atoms with Crippen LogP contribution in [0, 0.1) is 6.92 Å². The van der Waals surface area contributed by atoms with Crippen molar-refractivity contribution in [2.75, 3.05) is 6.54 Å². The van der Waals surface area contributed by atoms with E-state index in [-0.39, 0.29) is 6.03 Å². The number of amides is 2. The molecule has 24 heavy (non-hydrogen) atoms. The van der Waals surface area contributed by atoms with Crippen molar-refractivity contribution in [1.82, 2.24) is 30.2 Å². The van der Waals surface area contributed by atoms with Crippen LogP contribution in [0.1, 0.15) is 15.4 Å². The lowest BCUT2D eigenvalue weighted by Crippen LogP contribution is -2.36. The highest BCUT2D eigenvalue weighted by Gasteiger charge is 2.04. The Labute approximate surface area is 143 Å². The van der Waals surface area contributed by atoms with Crippen molar-refractivity contribution in [3.8, 4) is 5.82 Å². The maximum atomic E-state index is 11.9. The Balaban J connectivity index is 1.45. The summed E-state index contributed by atoms with van der Waals surface area (Å²) in [5, 5.41) is 6.72. The third kappa shape index (κ3) is 4.39. The first kappa shape index (κ1) is 16.1. The fourth-order valence-corrected chi connectivity index (χ4v) is 2.94. The van der Waals surface area contributed by atoms with Crippen molar-refractivity contribution < 1.29 is 4.79 Å². The average molecular weight is 342 g/mol. The SMILES string of the molecule is Cc1cnc(CCNC(=O)NCc2ccnc(-n3ccnc3)c2)s1. The summed E-state index contributed by atoms with van der Waals surface area (Å²) >= 11 is 1.65. The number of pyridine rings is 1. The van der Waals surface area contributed by atoms with E-state index < -0.39 is 0 Å². The summed E-state index contributed by atoms with van der Waals surface area (Å²) in [4.78, 5) is 25.6. The molecule has 124 valence electrons. The fraction of sp³-hybridized carbons (Fsp3) is 0.250. The smallest absolute Gasteiger partial charge is 0.315 e. The molecule has 2 N–H and O–H groups in total. The van der Waals surface area contributed by atoms with Gasteiger partial charge in [-0.15, -0.1) is 11.3 Å². The van der Waals surface area contributed by atoms with Gasteiger partial charge in [0.2, 0.25) is 0 Å². The van der Waals surface area contributed by atoms with E-state index in [0.717, 1.165) is 22.8 Å². The molecule has 3 rings (SSSR count). The maximum Gasteiger partial charge on any atom is 0.315 e. The number of carbonyl (C=O) groups is 1. The molecule has 7 nitrogen and oxygen atoms in total. The Morgan fingerprint density at radius 2 is 2.21 bits per heavy atom. The lowest BCUT2D eigenvalue weighted by atomic mass is 10.2. The minimum Gasteiger partial charge on any atom is -0.338 e. The summed E-state index contributed by atoms with van der Waals surface area (Å²) in [5.74, 6) is 0.770. The van der Waals surface area contributed by atoms with Crippen LogP contribution < -0.4 is 10.6 Å². The van der Waals surface area contributed by atoms with Gasteiger partial charge in [0, 0.05) is 49.2 Å². The summed E-state index contributed by atoms with van der Waals surface area (Å²) in [7, 11) is 0. The molecule has 0 atom stereocenters. The Kier molecular flexibility index (Phi) is 5.17. The van der Waals surface area contributed by atoms with E-state index in [0.29, 0.717) is 13.1 Å². The molecule has 0 saturated heterocycles. The normalized spacial score (nSPS) is 10.5. The summed E-state index contributed by atoms with van der Waals surface area (Å²) in [6.45, 7) is 3.02. The van der Waals surface area contributed by atoms with E-state index in [4.69, 9.17) is 0 Å². The molecule has 0 saturated carbocycles. The largest absolute Gasteiger partial charge is 0.338 e. The molecule has 0 radical (unpaired) electrons. The van der Waals surface area contributed by atoms with Crippen molar-refractivity contribution >= 4 is 17.4 Å². The first-order valence-electron chi connectivity index (χ1n) is 7.57. The van der Waals surface area contributed by atoms with Gasteiger partial charge in [-0.05, 0) is 24.6 Å². The molecule has 0 bridgehead atoms. The van der Waals surface area contributed by atoms with Gasteiger partial charge in [-0.3, -0.25) is 4.57 Å². The molecule has 0 fully saturated rings. The molecule has 0 unspecified atom stereocenters. The van der Waals surface area contributed by atoms with Crippen LogP contribution in [0.2, 0.25) is 0 Å². The molecule has 2 amide bonds. The van der Waals surface area contributed by atoms with Crippen LogP contribution in [0.5, 0.6) is 0 Å². The predicted molar refractivity (Wildman–Crippen MR) is 92.2 cm³/mol. The second-order valence-corrected chi connectivity index (χ2v) is 6.54. The van der Waals surface area contributed by atoms with Crippen LogP contribution in [0.4, 0.5) is 4.79 Å². The Morgan fingerprint density at radius 3 is 2.96 bits per heavy atom. The number of aromatic nitrogens is 4. The van der Waals surface area contributed by atoms with Gasteiger partial charge in [0.15, 0.2) is 0 Å². The van der Waals surface area contributed by atoms with Crippen molar-refractivity contribution in [3.63, 3.8) is 0 Å². The molecular weight excluding hydrogens is 324 g/mol. The van der Waals surface area contributed by atoms with Gasteiger partial charge in [-0.2, -0.15) is 0 Å². The maximum absolute atomic E-state index is 11.9. The summed E-state index contributed by atoms with van der Waals surface area (Å²) < 4.78 is 1.82. The van der Waals surface area contributed by atoms with Gasteiger partial charge in [-0.1, -0.05) is 0 Å². The highest BCUT2D eigenvalue weighted by Crippen LogP contribution is 2.11. The van der Waals surface area contributed by atoms with E-state index in [2.05, 4.69) is 25.6 Å². The van der Waals surface area contributed by atoms with Gasteiger partial charge < -0.3 is 10.6 Å². The standard InChI is InChI=1S/C16H18N6OS/c1-12-9-20-15(24-12)3-5-19-16(23)21-10-13-2-4-18-14(8-13)22-7-6-17-11-22/h2,4,6-9,11H,3,5,10H2,1H3,(H2,19,21,23). The zero-order valence-electron chi connectivity index (χ0n) is 13.3. The van der Waals surface area contributed by atoms with Crippen molar-refractivity contribution in [3.05, 3.63) is 58.7 Å². The van der Waals surface area contributed by atoms with Crippen LogP contribution in [-0.2, 0) is 13.0 Å². The quantitative estimate of drug-likeness (QED) is 0.718. The molecule has 8 heteroatoms. The second kappa shape index (κ2) is 7.69. The van der Waals surface area contributed by atoms with Gasteiger partial charge in [-0.25, -0.2) is 19.7 Å². The number of nitrogens with one attached hydrogen (secondary N) is 2. The summed E-state index contributed by atoms with van der Waals surface area (Å²) in [6.07, 6.45) is 9.52. The van der Waals surface area contributed by atoms with Crippen LogP contribution in [-0.4, -0.2) is 32.1 Å². The fourth-order valence-electron chi connectivity index (χ4n) is 2.15. The molecule has 0 aromatic carbocycles. The number of imidazole rings is 1. The highest BCUT2D eigenvalue weighted by molar-refractivity contribution is 7.11. The Hall–Kier alpha value is -2.74. The van der Waals surface area contributed by atoms with Crippen molar-refractivity contribution in [2.24, 2.45) is 0 Å². The zero-order chi connectivity index (χ0) is 16.8. The third-order valence-corrected chi connectivity index (χ3v) is 4.30. The second-order valence-electron chi connectivity index (χ2n) is 5.22. The molecule has 0 aliphatic rings. The number of carbonyl (C=O) groups excluding carboxylic acids is 1. The lowest BCUT2D eigenvalue weighted by molar-refractivity contribution is 0.240. The molecule has 0 spiro atoms. The summed E-state index contributed by atoms with van der Waals surface area (Å²) in [6, 6.07) is 3.60. The zero-order valence-corrected chi connectivity index (χ0v) is 14.1. The number of nitrogens with zero attached hydrogens (tertiary/aromatic N) is 4. The Morgan fingerprint density at radius 1 is 1.29 bits per heavy atom. The number of urea groups is 1. The van der Waals surface area contributed by atoms with Gasteiger partial charge in [0.05, 0.1) is 5.01 Å². The number of aryl methyl sites for hydroxylation is 1. The lowest BCUT2D eigenvalue weighted by Gasteiger charge is -2.08. The minimum atomic E-state index is -0.190. The summed E-state index contributed by atoms with van der Waals surface area (Å²) in [5.41, 5.74) is 0.972.